The van der Waals surface area contributed by atoms with Crippen LogP contribution in [0.1, 0.15) is 11.7 Å². The van der Waals surface area contributed by atoms with Crippen LogP contribution in [0.3, 0.4) is 0 Å². The van der Waals surface area contributed by atoms with E-state index < -0.39 is 6.10 Å². The van der Waals surface area contributed by atoms with E-state index in [0.717, 1.165) is 29.0 Å². The van der Waals surface area contributed by atoms with Crippen molar-refractivity contribution in [2.45, 2.75) is 6.10 Å². The number of rotatable bonds is 7. The molecule has 0 saturated heterocycles. The fraction of sp³-hybridized carbons (Fsp3) is 0.389. The van der Waals surface area contributed by atoms with Gasteiger partial charge in [-0.15, -0.1) is 0 Å². The molecule has 0 aliphatic heterocycles. The highest BCUT2D eigenvalue weighted by atomic mass is 16.3. The minimum Gasteiger partial charge on any atom is -0.388 e. The van der Waals surface area contributed by atoms with E-state index in [1.165, 1.54) is 6.33 Å². The third-order valence-electron chi connectivity index (χ3n) is 4.25. The lowest BCUT2D eigenvalue weighted by molar-refractivity contribution is 0.0969. The Morgan fingerprint density at radius 3 is 2.68 bits per heavy atom. The molecule has 2 aromatic heterocycles. The van der Waals surface area contributed by atoms with Crippen molar-refractivity contribution < 1.29 is 5.11 Å². The third-order valence-corrected chi connectivity index (χ3v) is 4.25. The van der Waals surface area contributed by atoms with Gasteiger partial charge in [0.1, 0.15) is 12.1 Å². The van der Waals surface area contributed by atoms with Gasteiger partial charge in [-0.25, -0.2) is 9.97 Å². The highest BCUT2D eigenvalue weighted by Gasteiger charge is 2.22. The first-order chi connectivity index (χ1) is 12.1. The number of hydrogen-bond acceptors (Lipinski definition) is 6. The molecule has 0 unspecified atom stereocenters. The van der Waals surface area contributed by atoms with E-state index in [1.807, 2.05) is 51.5 Å². The van der Waals surface area contributed by atoms with Gasteiger partial charge in [0.05, 0.1) is 17.7 Å². The smallest absolute Gasteiger partial charge is 0.163 e. The summed E-state index contributed by atoms with van der Waals surface area (Å²) in [6.45, 7) is 1.35. The molecule has 0 aliphatic rings. The van der Waals surface area contributed by atoms with Gasteiger partial charge in [0.2, 0.25) is 0 Å². The van der Waals surface area contributed by atoms with Gasteiger partial charge in [-0.3, -0.25) is 4.68 Å². The lowest BCUT2D eigenvalue weighted by Gasteiger charge is -2.26. The Hall–Kier alpha value is -2.51. The molecule has 0 aliphatic carbocycles. The number of aromatic nitrogens is 4. The Labute approximate surface area is 147 Å². The molecule has 7 heteroatoms. The average Bonchev–Trinajstić information content (AvgIpc) is 3.00. The first-order valence-electron chi connectivity index (χ1n) is 8.30. The zero-order valence-electron chi connectivity index (χ0n) is 14.8. The summed E-state index contributed by atoms with van der Waals surface area (Å²) in [4.78, 5) is 10.7. The molecule has 132 valence electrons. The lowest BCUT2D eigenvalue weighted by atomic mass is 9.95. The molecule has 0 radical (unpaired) electrons. The second-order valence-electron chi connectivity index (χ2n) is 6.49. The van der Waals surface area contributed by atoms with Crippen LogP contribution in [-0.4, -0.2) is 56.9 Å². The SMILES string of the molecule is CN(C)C[C@H](CNc1ncnc2c1cnn2C)[C@@H](O)c1ccccc1. The minimum atomic E-state index is -0.553. The molecule has 0 saturated carbocycles. The largest absolute Gasteiger partial charge is 0.388 e. The molecular formula is C18H24N6O. The number of fused-ring (bicyclic) bond motifs is 1. The third kappa shape index (κ3) is 3.94. The summed E-state index contributed by atoms with van der Waals surface area (Å²) < 4.78 is 1.72. The van der Waals surface area contributed by atoms with Crippen LogP contribution >= 0.6 is 0 Å². The first-order valence-corrected chi connectivity index (χ1v) is 8.30. The van der Waals surface area contributed by atoms with Gasteiger partial charge < -0.3 is 15.3 Å². The summed E-state index contributed by atoms with van der Waals surface area (Å²) in [5.41, 5.74) is 1.70. The van der Waals surface area contributed by atoms with Gasteiger partial charge in [-0.05, 0) is 19.7 Å². The van der Waals surface area contributed by atoms with Gasteiger partial charge >= 0.3 is 0 Å². The topological polar surface area (TPSA) is 79.1 Å². The number of aliphatic hydroxyl groups is 1. The molecular weight excluding hydrogens is 316 g/mol. The van der Waals surface area contributed by atoms with E-state index in [4.69, 9.17) is 0 Å². The van der Waals surface area contributed by atoms with Gasteiger partial charge in [-0.2, -0.15) is 5.10 Å². The Kier molecular flexibility index (Phi) is 5.25. The van der Waals surface area contributed by atoms with Crippen LogP contribution in [-0.2, 0) is 7.05 Å². The van der Waals surface area contributed by atoms with Crippen LogP contribution in [0.5, 0.6) is 0 Å². The Morgan fingerprint density at radius 1 is 1.20 bits per heavy atom. The number of aliphatic hydroxyl groups excluding tert-OH is 1. The van der Waals surface area contributed by atoms with E-state index in [-0.39, 0.29) is 5.92 Å². The monoisotopic (exact) mass is 340 g/mol. The number of nitrogens with one attached hydrogen (secondary N) is 1. The summed E-state index contributed by atoms with van der Waals surface area (Å²) in [7, 11) is 5.87. The molecule has 0 amide bonds. The van der Waals surface area contributed by atoms with Crippen molar-refractivity contribution in [2.75, 3.05) is 32.5 Å². The molecule has 3 aromatic rings. The van der Waals surface area contributed by atoms with Crippen LogP contribution in [0.15, 0.2) is 42.9 Å². The second-order valence-corrected chi connectivity index (χ2v) is 6.49. The molecule has 0 bridgehead atoms. The maximum absolute atomic E-state index is 10.8. The van der Waals surface area contributed by atoms with Crippen molar-refractivity contribution in [3.8, 4) is 0 Å². The lowest BCUT2D eigenvalue weighted by Crippen LogP contribution is -2.32. The van der Waals surface area contributed by atoms with E-state index in [2.05, 4.69) is 25.3 Å². The van der Waals surface area contributed by atoms with Crippen molar-refractivity contribution in [1.82, 2.24) is 24.6 Å². The summed E-state index contributed by atoms with van der Waals surface area (Å²) in [6, 6.07) is 9.76. The number of nitrogens with zero attached hydrogens (tertiary/aromatic N) is 5. The first kappa shape index (κ1) is 17.3. The van der Waals surface area contributed by atoms with Gasteiger partial charge in [0.25, 0.3) is 0 Å². The molecule has 1 aromatic carbocycles. The fourth-order valence-electron chi connectivity index (χ4n) is 3.00. The summed E-state index contributed by atoms with van der Waals surface area (Å²) >= 11 is 0. The number of benzene rings is 1. The quantitative estimate of drug-likeness (QED) is 0.681. The summed E-state index contributed by atoms with van der Waals surface area (Å²) in [6.07, 6.45) is 2.73. The Balaban J connectivity index is 1.78. The van der Waals surface area contributed by atoms with Crippen LogP contribution in [0, 0.1) is 5.92 Å². The number of hydrogen-bond donors (Lipinski definition) is 2. The Bertz CT molecular complexity index is 817. The Morgan fingerprint density at radius 2 is 1.96 bits per heavy atom. The number of anilines is 1. The van der Waals surface area contributed by atoms with Crippen LogP contribution < -0.4 is 5.32 Å². The minimum absolute atomic E-state index is 0.0130. The fourth-order valence-corrected chi connectivity index (χ4v) is 3.00. The maximum Gasteiger partial charge on any atom is 0.163 e. The molecule has 2 N–H and O–H groups in total. The molecule has 3 rings (SSSR count). The van der Waals surface area contributed by atoms with Crippen molar-refractivity contribution in [3.63, 3.8) is 0 Å². The van der Waals surface area contributed by atoms with Crippen LogP contribution in [0.4, 0.5) is 5.82 Å². The van der Waals surface area contributed by atoms with E-state index in [0.29, 0.717) is 6.54 Å². The molecule has 0 spiro atoms. The van der Waals surface area contributed by atoms with Crippen molar-refractivity contribution in [2.24, 2.45) is 13.0 Å². The molecule has 7 nitrogen and oxygen atoms in total. The predicted octanol–water partition coefficient (Wildman–Crippen LogP) is 1.69. The zero-order chi connectivity index (χ0) is 17.8. The standard InChI is InChI=1S/C18H24N6O/c1-23(2)11-14(16(25)13-7-5-4-6-8-13)9-19-17-15-10-22-24(3)18(15)21-12-20-17/h4-8,10,12,14,16,25H,9,11H2,1-3H3,(H,19,20,21)/t14-,16-/m0/s1. The molecule has 25 heavy (non-hydrogen) atoms. The molecule has 0 fully saturated rings. The second kappa shape index (κ2) is 7.58. The average molecular weight is 340 g/mol. The van der Waals surface area contributed by atoms with E-state index in [1.54, 1.807) is 10.9 Å². The summed E-state index contributed by atoms with van der Waals surface area (Å²) in [5.74, 6) is 0.751. The van der Waals surface area contributed by atoms with Crippen molar-refractivity contribution >= 4 is 16.9 Å². The zero-order valence-corrected chi connectivity index (χ0v) is 14.8. The van der Waals surface area contributed by atoms with Crippen molar-refractivity contribution in [1.29, 1.82) is 0 Å². The molecule has 2 heterocycles. The van der Waals surface area contributed by atoms with Gasteiger partial charge in [-0.1, -0.05) is 30.3 Å². The summed E-state index contributed by atoms with van der Waals surface area (Å²) in [5, 5.41) is 19.3. The van der Waals surface area contributed by atoms with E-state index >= 15 is 0 Å². The van der Waals surface area contributed by atoms with Crippen LogP contribution in [0.2, 0.25) is 0 Å². The highest BCUT2D eigenvalue weighted by molar-refractivity contribution is 5.85. The normalized spacial score (nSPS) is 14.0. The van der Waals surface area contributed by atoms with Crippen LogP contribution in [0.25, 0.3) is 11.0 Å². The van der Waals surface area contributed by atoms with E-state index in [9.17, 15) is 5.11 Å². The highest BCUT2D eigenvalue weighted by Crippen LogP contribution is 2.24. The van der Waals surface area contributed by atoms with Gasteiger partial charge in [0, 0.05) is 26.1 Å². The molecule has 2 atom stereocenters. The number of aryl methyl sites for hydroxylation is 1. The van der Waals surface area contributed by atoms with Gasteiger partial charge in [0.15, 0.2) is 5.65 Å². The predicted molar refractivity (Wildman–Crippen MR) is 98.2 cm³/mol. The maximum atomic E-state index is 10.8. The van der Waals surface area contributed by atoms with Crippen molar-refractivity contribution in [3.05, 3.63) is 48.4 Å².